The summed E-state index contributed by atoms with van der Waals surface area (Å²) in [7, 11) is -3.36. The fourth-order valence-corrected chi connectivity index (χ4v) is 5.66. The predicted octanol–water partition coefficient (Wildman–Crippen LogP) is 1.49. The quantitative estimate of drug-likeness (QED) is 0.432. The van der Waals surface area contributed by atoms with Gasteiger partial charge in [0.2, 0.25) is 11.7 Å². The molecule has 3 heterocycles. The van der Waals surface area contributed by atoms with E-state index in [-0.39, 0.29) is 61.8 Å². The zero-order valence-electron chi connectivity index (χ0n) is 19.8. The van der Waals surface area contributed by atoms with Crippen LogP contribution in [0.3, 0.4) is 0 Å². The van der Waals surface area contributed by atoms with Crippen molar-refractivity contribution in [3.63, 3.8) is 0 Å². The van der Waals surface area contributed by atoms with Crippen LogP contribution in [0, 0.1) is 17.5 Å². The van der Waals surface area contributed by atoms with E-state index in [1.807, 2.05) is 0 Å². The van der Waals surface area contributed by atoms with Crippen LogP contribution < -0.4 is 5.73 Å². The van der Waals surface area contributed by atoms with Crippen LogP contribution in [-0.4, -0.2) is 76.8 Å². The number of aromatic nitrogens is 2. The zero-order chi connectivity index (χ0) is 28.0. The maximum Gasteiger partial charge on any atom is 0.449 e. The lowest BCUT2D eigenvalue weighted by Gasteiger charge is -2.31. The van der Waals surface area contributed by atoms with Gasteiger partial charge < -0.3 is 20.1 Å². The summed E-state index contributed by atoms with van der Waals surface area (Å²) in [6.45, 7) is -1.29. The Kier molecular flexibility index (Phi) is 7.49. The Hall–Kier alpha value is -3.14. The van der Waals surface area contributed by atoms with Gasteiger partial charge in [0.25, 0.3) is 5.91 Å². The molecule has 0 radical (unpaired) electrons. The Morgan fingerprint density at radius 2 is 1.61 bits per heavy atom. The van der Waals surface area contributed by atoms with E-state index in [2.05, 4.69) is 4.98 Å². The van der Waals surface area contributed by atoms with Crippen LogP contribution in [-0.2, 0) is 40.3 Å². The molecule has 38 heavy (non-hydrogen) atoms. The number of rotatable bonds is 5. The van der Waals surface area contributed by atoms with Crippen LogP contribution in [0.5, 0.6) is 0 Å². The van der Waals surface area contributed by atoms with Gasteiger partial charge in [-0.3, -0.25) is 9.59 Å². The second kappa shape index (κ2) is 10.2. The molecule has 1 atom stereocenters. The minimum absolute atomic E-state index is 0.157. The number of amides is 2. The maximum absolute atomic E-state index is 13.9. The van der Waals surface area contributed by atoms with Crippen molar-refractivity contribution < 1.29 is 44.3 Å². The number of hydrogen-bond donors (Lipinski definition) is 1. The molecule has 1 aromatic carbocycles. The highest BCUT2D eigenvalue weighted by Crippen LogP contribution is 2.33. The Labute approximate surface area is 213 Å². The fraction of sp³-hybridized carbons (Fsp3) is 0.500. The minimum atomic E-state index is -4.89. The zero-order valence-corrected chi connectivity index (χ0v) is 20.6. The van der Waals surface area contributed by atoms with Gasteiger partial charge in [-0.25, -0.2) is 26.6 Å². The summed E-state index contributed by atoms with van der Waals surface area (Å²) in [5.41, 5.74) is 4.99. The van der Waals surface area contributed by atoms with Crippen LogP contribution in [0.1, 0.15) is 34.0 Å². The van der Waals surface area contributed by atoms with E-state index in [1.54, 1.807) is 0 Å². The highest BCUT2D eigenvalue weighted by atomic mass is 32.2. The molecule has 4 rings (SSSR count). The Bertz CT molecular complexity index is 1360. The Morgan fingerprint density at radius 3 is 2.24 bits per heavy atom. The average molecular weight is 568 g/mol. The molecule has 0 bridgehead atoms. The number of fused-ring (bicyclic) bond motifs is 1. The lowest BCUT2D eigenvalue weighted by molar-refractivity contribution is -0.148. The van der Waals surface area contributed by atoms with Crippen molar-refractivity contribution in [2.75, 3.05) is 31.1 Å². The van der Waals surface area contributed by atoms with E-state index in [0.29, 0.717) is 12.1 Å². The number of imidazole rings is 1. The number of halogens is 6. The first-order valence-electron chi connectivity index (χ1n) is 11.5. The van der Waals surface area contributed by atoms with Crippen LogP contribution >= 0.6 is 0 Å². The van der Waals surface area contributed by atoms with Gasteiger partial charge in [0.15, 0.2) is 27.2 Å². The molecule has 16 heteroatoms. The molecule has 0 aliphatic carbocycles. The second-order valence-corrected chi connectivity index (χ2v) is 11.5. The van der Waals surface area contributed by atoms with Gasteiger partial charge in [0, 0.05) is 44.7 Å². The van der Waals surface area contributed by atoms with Crippen LogP contribution in [0.15, 0.2) is 12.1 Å². The summed E-state index contributed by atoms with van der Waals surface area (Å²) in [6, 6.07) is -0.0213. The molecule has 208 valence electrons. The molecular formula is C22H23F6N5O4S. The van der Waals surface area contributed by atoms with Crippen LogP contribution in [0.2, 0.25) is 0 Å². The number of carbonyl (C=O) groups excluding carboxylic acids is 2. The summed E-state index contributed by atoms with van der Waals surface area (Å²) in [4.78, 5) is 31.7. The molecule has 2 N–H and O–H groups in total. The minimum Gasteiger partial charge on any atom is -0.335 e. The van der Waals surface area contributed by atoms with Crippen LogP contribution in [0.25, 0.3) is 0 Å². The van der Waals surface area contributed by atoms with Crippen molar-refractivity contribution in [1.29, 1.82) is 0 Å². The molecule has 9 nitrogen and oxygen atoms in total. The lowest BCUT2D eigenvalue weighted by Crippen LogP contribution is -2.45. The van der Waals surface area contributed by atoms with Gasteiger partial charge in [-0.05, 0) is 18.1 Å². The summed E-state index contributed by atoms with van der Waals surface area (Å²) in [5.74, 6) is -7.16. The van der Waals surface area contributed by atoms with Crippen molar-refractivity contribution in [2.45, 2.75) is 38.1 Å². The molecule has 2 amide bonds. The SMILES string of the molecule is N[C@@H](CC(=O)N1CCn2c(C(F)(F)F)nc(C(=O)N3CCS(=O)(=O)CC3)c2C1)Cc1cc(F)c(F)cc1F. The monoisotopic (exact) mass is 567 g/mol. The smallest absolute Gasteiger partial charge is 0.335 e. The van der Waals surface area contributed by atoms with Crippen molar-refractivity contribution in [2.24, 2.45) is 5.73 Å². The molecule has 1 fully saturated rings. The van der Waals surface area contributed by atoms with Crippen molar-refractivity contribution >= 4 is 21.7 Å². The summed E-state index contributed by atoms with van der Waals surface area (Å²) in [5, 5.41) is 0. The maximum atomic E-state index is 13.9. The highest BCUT2D eigenvalue weighted by Gasteiger charge is 2.42. The van der Waals surface area contributed by atoms with E-state index >= 15 is 0 Å². The molecule has 0 spiro atoms. The van der Waals surface area contributed by atoms with Gasteiger partial charge in [-0.2, -0.15) is 13.2 Å². The molecule has 1 saturated heterocycles. The third kappa shape index (κ3) is 5.80. The highest BCUT2D eigenvalue weighted by molar-refractivity contribution is 7.91. The van der Waals surface area contributed by atoms with Gasteiger partial charge in [0.05, 0.1) is 23.7 Å². The molecule has 1 aromatic heterocycles. The summed E-state index contributed by atoms with van der Waals surface area (Å²) < 4.78 is 106. The molecule has 0 unspecified atom stereocenters. The van der Waals surface area contributed by atoms with E-state index in [4.69, 9.17) is 5.73 Å². The molecule has 0 saturated carbocycles. The van der Waals surface area contributed by atoms with Crippen molar-refractivity contribution in [3.05, 3.63) is 52.4 Å². The third-order valence-electron chi connectivity index (χ3n) is 6.46. The second-order valence-electron chi connectivity index (χ2n) is 9.17. The molecule has 2 aliphatic rings. The summed E-state index contributed by atoms with van der Waals surface area (Å²) in [6.07, 6.45) is -5.58. The number of benzene rings is 1. The molecular weight excluding hydrogens is 544 g/mol. The Balaban J connectivity index is 1.52. The first-order chi connectivity index (χ1) is 17.7. The topological polar surface area (TPSA) is 119 Å². The first kappa shape index (κ1) is 27.9. The molecule has 2 aliphatic heterocycles. The summed E-state index contributed by atoms with van der Waals surface area (Å²) >= 11 is 0. The number of hydrogen-bond acceptors (Lipinski definition) is 6. The largest absolute Gasteiger partial charge is 0.449 e. The third-order valence-corrected chi connectivity index (χ3v) is 8.06. The van der Waals surface area contributed by atoms with Gasteiger partial charge >= 0.3 is 6.18 Å². The number of nitrogens with two attached hydrogens (primary N) is 1. The molecule has 2 aromatic rings. The van der Waals surface area contributed by atoms with E-state index < -0.39 is 69.4 Å². The van der Waals surface area contributed by atoms with E-state index in [9.17, 15) is 44.3 Å². The normalized spacial score (nSPS) is 18.3. The van der Waals surface area contributed by atoms with Gasteiger partial charge in [-0.15, -0.1) is 0 Å². The number of alkyl halides is 3. The van der Waals surface area contributed by atoms with Crippen molar-refractivity contribution in [1.82, 2.24) is 19.4 Å². The van der Waals surface area contributed by atoms with E-state index in [1.165, 1.54) is 4.90 Å². The predicted molar refractivity (Wildman–Crippen MR) is 120 cm³/mol. The number of nitrogens with zero attached hydrogens (tertiary/aromatic N) is 4. The number of sulfone groups is 1. The standard InChI is InChI=1S/C22H23F6N5O4S/c23-14-10-16(25)15(24)8-12(14)7-13(29)9-18(34)32-1-2-33-17(11-32)19(30-21(33)22(26,27)28)20(35)31-3-5-38(36,37)6-4-31/h8,10,13H,1-7,9,11,29H2/t13-/m1/s1. The van der Waals surface area contributed by atoms with Gasteiger partial charge in [0.1, 0.15) is 5.82 Å². The van der Waals surface area contributed by atoms with Crippen molar-refractivity contribution in [3.8, 4) is 0 Å². The average Bonchev–Trinajstić information content (AvgIpc) is 3.21. The van der Waals surface area contributed by atoms with Crippen LogP contribution in [0.4, 0.5) is 26.3 Å². The fourth-order valence-electron chi connectivity index (χ4n) is 4.46. The Morgan fingerprint density at radius 1 is 0.974 bits per heavy atom. The lowest BCUT2D eigenvalue weighted by atomic mass is 10.0. The van der Waals surface area contributed by atoms with E-state index in [0.717, 1.165) is 9.47 Å². The first-order valence-corrected chi connectivity index (χ1v) is 13.3. The number of carbonyl (C=O) groups is 2. The van der Waals surface area contributed by atoms with Gasteiger partial charge in [-0.1, -0.05) is 0 Å².